The fourth-order valence-corrected chi connectivity index (χ4v) is 1.79. The lowest BCUT2D eigenvalue weighted by atomic mass is 10.0. The molecule has 1 fully saturated rings. The van der Waals surface area contributed by atoms with Gasteiger partial charge in [-0.1, -0.05) is 23.8 Å². The number of rotatable bonds is 1. The van der Waals surface area contributed by atoms with Gasteiger partial charge in [0.15, 0.2) is 0 Å². The molecule has 16 heavy (non-hydrogen) atoms. The van der Waals surface area contributed by atoms with E-state index in [4.69, 9.17) is 5.26 Å². The van der Waals surface area contributed by atoms with Crippen LogP contribution in [-0.2, 0) is 0 Å². The maximum Gasteiger partial charge on any atom is 0.0991 e. The third-order valence-electron chi connectivity index (χ3n) is 2.61. The standard InChI is InChI=1S/C13H14N2.ClH/c14-9-12-5-3-11(4-6-12)8-13-2-1-7-15-10-13;/h3-6,8,15H,1-2,7,10H2;1H. The molecule has 0 atom stereocenters. The summed E-state index contributed by atoms with van der Waals surface area (Å²) in [5.41, 5.74) is 3.36. The summed E-state index contributed by atoms with van der Waals surface area (Å²) in [5.74, 6) is 0. The van der Waals surface area contributed by atoms with Crippen molar-refractivity contribution >= 4 is 18.5 Å². The predicted octanol–water partition coefficient (Wildman–Crippen LogP) is 2.75. The summed E-state index contributed by atoms with van der Waals surface area (Å²) in [6, 6.07) is 9.85. The van der Waals surface area contributed by atoms with Crippen LogP contribution in [0, 0.1) is 11.3 Å². The maximum absolute atomic E-state index is 8.67. The van der Waals surface area contributed by atoms with Crippen LogP contribution in [0.15, 0.2) is 29.8 Å². The van der Waals surface area contributed by atoms with Crippen LogP contribution >= 0.6 is 12.4 Å². The monoisotopic (exact) mass is 234 g/mol. The van der Waals surface area contributed by atoms with E-state index in [9.17, 15) is 0 Å². The average Bonchev–Trinajstić information content (AvgIpc) is 2.31. The molecule has 0 amide bonds. The Morgan fingerprint density at radius 1 is 1.25 bits per heavy atom. The quantitative estimate of drug-likeness (QED) is 0.811. The topological polar surface area (TPSA) is 35.8 Å². The van der Waals surface area contributed by atoms with Crippen LogP contribution in [0.4, 0.5) is 0 Å². The van der Waals surface area contributed by atoms with E-state index in [1.54, 1.807) is 0 Å². The van der Waals surface area contributed by atoms with Gasteiger partial charge in [0.2, 0.25) is 0 Å². The molecule has 0 aliphatic carbocycles. The summed E-state index contributed by atoms with van der Waals surface area (Å²) in [6.07, 6.45) is 4.63. The Kier molecular flexibility index (Phi) is 5.04. The number of benzene rings is 1. The van der Waals surface area contributed by atoms with Crippen molar-refractivity contribution in [2.45, 2.75) is 12.8 Å². The van der Waals surface area contributed by atoms with Crippen molar-refractivity contribution < 1.29 is 0 Å². The van der Waals surface area contributed by atoms with Gasteiger partial charge in [0.05, 0.1) is 11.6 Å². The van der Waals surface area contributed by atoms with Crippen molar-refractivity contribution in [1.29, 1.82) is 5.26 Å². The molecule has 0 bridgehead atoms. The molecule has 1 aliphatic heterocycles. The largest absolute Gasteiger partial charge is 0.313 e. The van der Waals surface area contributed by atoms with E-state index in [2.05, 4.69) is 17.5 Å². The van der Waals surface area contributed by atoms with Crippen molar-refractivity contribution in [1.82, 2.24) is 5.32 Å². The summed E-state index contributed by atoms with van der Waals surface area (Å²) in [5, 5.41) is 12.0. The normalized spacial score (nSPS) is 17.6. The molecule has 0 radical (unpaired) electrons. The molecule has 1 aromatic rings. The first-order chi connectivity index (χ1) is 7.38. The second kappa shape index (κ2) is 6.32. The van der Waals surface area contributed by atoms with Gasteiger partial charge in [-0.2, -0.15) is 5.26 Å². The van der Waals surface area contributed by atoms with Crippen molar-refractivity contribution in [3.05, 3.63) is 41.0 Å². The number of halogens is 1. The SMILES string of the molecule is Cl.N#Cc1ccc(C=C2CCCNC2)cc1. The van der Waals surface area contributed by atoms with Crippen LogP contribution < -0.4 is 5.32 Å². The van der Waals surface area contributed by atoms with Gasteiger partial charge >= 0.3 is 0 Å². The van der Waals surface area contributed by atoms with Crippen LogP contribution in [-0.4, -0.2) is 13.1 Å². The van der Waals surface area contributed by atoms with Crippen molar-refractivity contribution in [3.63, 3.8) is 0 Å². The smallest absolute Gasteiger partial charge is 0.0991 e. The molecular weight excluding hydrogens is 220 g/mol. The third-order valence-corrected chi connectivity index (χ3v) is 2.61. The molecule has 0 unspecified atom stereocenters. The van der Waals surface area contributed by atoms with E-state index in [1.165, 1.54) is 24.0 Å². The summed E-state index contributed by atoms with van der Waals surface area (Å²) in [7, 11) is 0. The highest BCUT2D eigenvalue weighted by molar-refractivity contribution is 5.85. The number of nitrogens with one attached hydrogen (secondary N) is 1. The zero-order chi connectivity index (χ0) is 10.5. The highest BCUT2D eigenvalue weighted by Crippen LogP contribution is 2.14. The summed E-state index contributed by atoms with van der Waals surface area (Å²) in [6.45, 7) is 2.13. The molecule has 0 saturated carbocycles. The Hall–Kier alpha value is -1.30. The maximum atomic E-state index is 8.67. The molecule has 3 heteroatoms. The van der Waals surface area contributed by atoms with E-state index in [0.29, 0.717) is 0 Å². The van der Waals surface area contributed by atoms with Crippen molar-refractivity contribution in [2.75, 3.05) is 13.1 Å². The van der Waals surface area contributed by atoms with E-state index >= 15 is 0 Å². The minimum Gasteiger partial charge on any atom is -0.313 e. The molecule has 2 nitrogen and oxygen atoms in total. The fraction of sp³-hybridized carbons (Fsp3) is 0.308. The second-order valence-corrected chi connectivity index (χ2v) is 3.82. The summed E-state index contributed by atoms with van der Waals surface area (Å²) < 4.78 is 0. The van der Waals surface area contributed by atoms with Crippen LogP contribution in [0.5, 0.6) is 0 Å². The Labute approximate surface area is 102 Å². The zero-order valence-corrected chi connectivity index (χ0v) is 9.89. The van der Waals surface area contributed by atoms with Gasteiger partial charge in [-0.05, 0) is 37.1 Å². The zero-order valence-electron chi connectivity index (χ0n) is 9.07. The van der Waals surface area contributed by atoms with E-state index in [1.807, 2.05) is 24.3 Å². The van der Waals surface area contributed by atoms with Gasteiger partial charge in [0, 0.05) is 6.54 Å². The Balaban J connectivity index is 0.00000128. The molecule has 2 rings (SSSR count). The van der Waals surface area contributed by atoms with Crippen LogP contribution in [0.1, 0.15) is 24.0 Å². The van der Waals surface area contributed by atoms with Crippen LogP contribution in [0.3, 0.4) is 0 Å². The number of hydrogen-bond acceptors (Lipinski definition) is 2. The van der Waals surface area contributed by atoms with Crippen LogP contribution in [0.25, 0.3) is 6.08 Å². The van der Waals surface area contributed by atoms with Crippen molar-refractivity contribution in [3.8, 4) is 6.07 Å². The number of nitrogens with zero attached hydrogens (tertiary/aromatic N) is 1. The summed E-state index contributed by atoms with van der Waals surface area (Å²) in [4.78, 5) is 0. The minimum atomic E-state index is 0. The second-order valence-electron chi connectivity index (χ2n) is 3.82. The van der Waals surface area contributed by atoms with Crippen LogP contribution in [0.2, 0.25) is 0 Å². The third kappa shape index (κ3) is 3.37. The number of piperidine rings is 1. The first-order valence-electron chi connectivity index (χ1n) is 5.29. The van der Waals surface area contributed by atoms with Gasteiger partial charge in [-0.15, -0.1) is 12.4 Å². The van der Waals surface area contributed by atoms with Gasteiger partial charge in [0.1, 0.15) is 0 Å². The molecule has 1 saturated heterocycles. The van der Waals surface area contributed by atoms with Crippen molar-refractivity contribution in [2.24, 2.45) is 0 Å². The molecule has 1 aromatic carbocycles. The van der Waals surface area contributed by atoms with Gasteiger partial charge in [-0.25, -0.2) is 0 Å². The molecule has 1 aliphatic rings. The molecule has 0 spiro atoms. The highest BCUT2D eigenvalue weighted by atomic mass is 35.5. The van der Waals surface area contributed by atoms with Gasteiger partial charge < -0.3 is 5.32 Å². The number of nitriles is 1. The lowest BCUT2D eigenvalue weighted by molar-refractivity contribution is 0.613. The average molecular weight is 235 g/mol. The van der Waals surface area contributed by atoms with Gasteiger partial charge in [-0.3, -0.25) is 0 Å². The minimum absolute atomic E-state index is 0. The lowest BCUT2D eigenvalue weighted by Gasteiger charge is -2.15. The lowest BCUT2D eigenvalue weighted by Crippen LogP contribution is -2.23. The predicted molar refractivity (Wildman–Crippen MR) is 68.5 cm³/mol. The first-order valence-corrected chi connectivity index (χ1v) is 5.29. The molecule has 1 N–H and O–H groups in total. The molecule has 1 heterocycles. The van der Waals surface area contributed by atoms with Gasteiger partial charge in [0.25, 0.3) is 0 Å². The van der Waals surface area contributed by atoms with E-state index in [0.717, 1.165) is 18.7 Å². The molecular formula is C13H15ClN2. The number of hydrogen-bond donors (Lipinski definition) is 1. The first kappa shape index (κ1) is 12.8. The Bertz CT molecular complexity index is 393. The molecule has 0 aromatic heterocycles. The van der Waals surface area contributed by atoms with E-state index in [-0.39, 0.29) is 12.4 Å². The Morgan fingerprint density at radius 2 is 2.00 bits per heavy atom. The highest BCUT2D eigenvalue weighted by Gasteiger charge is 2.03. The Morgan fingerprint density at radius 3 is 2.56 bits per heavy atom. The fourth-order valence-electron chi connectivity index (χ4n) is 1.79. The van der Waals surface area contributed by atoms with E-state index < -0.39 is 0 Å². The summed E-state index contributed by atoms with van der Waals surface area (Å²) >= 11 is 0. The molecule has 84 valence electrons.